The Hall–Kier alpha value is -2.91. The minimum Gasteiger partial charge on any atom is -0.468 e. The van der Waals surface area contributed by atoms with E-state index in [4.69, 9.17) is 14.2 Å². The van der Waals surface area contributed by atoms with E-state index in [0.717, 1.165) is 10.5 Å². The van der Waals surface area contributed by atoms with E-state index < -0.39 is 36.1 Å². The number of aliphatic hydroxyl groups is 1. The van der Waals surface area contributed by atoms with Gasteiger partial charge in [0.2, 0.25) is 0 Å². The summed E-state index contributed by atoms with van der Waals surface area (Å²) < 4.78 is 15.7. The monoisotopic (exact) mass is 491 g/mol. The summed E-state index contributed by atoms with van der Waals surface area (Å²) in [7, 11) is 2.35. The van der Waals surface area contributed by atoms with Crippen molar-refractivity contribution < 1.29 is 33.7 Å². The van der Waals surface area contributed by atoms with Crippen LogP contribution in [-0.2, 0) is 30.4 Å². The van der Waals surface area contributed by atoms with Crippen LogP contribution in [0.15, 0.2) is 53.0 Å². The van der Waals surface area contributed by atoms with E-state index in [9.17, 15) is 19.5 Å². The van der Waals surface area contributed by atoms with Gasteiger partial charge in [0.25, 0.3) is 0 Å². The number of carbonyl (C=O) groups is 3. The number of nitrogens with zero attached hydrogens (tertiary/aromatic N) is 1. The number of ether oxygens (including phenoxy) is 3. The van der Waals surface area contributed by atoms with Crippen molar-refractivity contribution in [1.29, 1.82) is 0 Å². The van der Waals surface area contributed by atoms with Crippen LogP contribution >= 0.6 is 15.9 Å². The molecule has 0 aromatic heterocycles. The lowest BCUT2D eigenvalue weighted by molar-refractivity contribution is -0.160. The van der Waals surface area contributed by atoms with Gasteiger partial charge in [0, 0.05) is 16.8 Å². The van der Waals surface area contributed by atoms with Gasteiger partial charge in [0.1, 0.15) is 12.8 Å². The van der Waals surface area contributed by atoms with E-state index in [1.54, 1.807) is 18.2 Å². The zero-order valence-corrected chi connectivity index (χ0v) is 18.6. The van der Waals surface area contributed by atoms with Gasteiger partial charge in [-0.1, -0.05) is 46.3 Å². The highest BCUT2D eigenvalue weighted by Crippen LogP contribution is 2.44. The molecule has 1 aliphatic heterocycles. The quantitative estimate of drug-likeness (QED) is 0.388. The lowest BCUT2D eigenvalue weighted by Gasteiger charge is -2.39. The lowest BCUT2D eigenvalue weighted by atomic mass is 9.79. The van der Waals surface area contributed by atoms with Gasteiger partial charge in [-0.2, -0.15) is 0 Å². The summed E-state index contributed by atoms with van der Waals surface area (Å²) in [4.78, 5) is 38.7. The standard InChI is InChI=1S/C22H22BrNO7/c1-29-20(26)19(21(27)30-2)16-11-18(25)24(17-9-8-14(23)10-15(16)17)22(28)31-12-13-6-4-3-5-7-13/h3-10,16,18-19,25H,11-12H2,1-2H3/t16-,18?/m0/s1. The minimum absolute atomic E-state index is 0.0329. The number of anilines is 1. The number of hydrogen-bond donors (Lipinski definition) is 1. The average Bonchev–Trinajstić information content (AvgIpc) is 2.78. The van der Waals surface area contributed by atoms with Gasteiger partial charge in [0.05, 0.1) is 19.9 Å². The van der Waals surface area contributed by atoms with Crippen LogP contribution in [0.1, 0.15) is 23.5 Å². The van der Waals surface area contributed by atoms with E-state index in [1.807, 2.05) is 30.3 Å². The number of methoxy groups -OCH3 is 2. The molecule has 0 saturated carbocycles. The molecule has 0 spiro atoms. The Morgan fingerprint density at radius 3 is 2.35 bits per heavy atom. The van der Waals surface area contributed by atoms with E-state index in [2.05, 4.69) is 15.9 Å². The maximum absolute atomic E-state index is 12.8. The first-order valence-electron chi connectivity index (χ1n) is 9.50. The predicted octanol–water partition coefficient (Wildman–Crippen LogP) is 3.36. The topological polar surface area (TPSA) is 102 Å². The minimum atomic E-state index is -1.32. The first-order valence-corrected chi connectivity index (χ1v) is 10.3. The normalized spacial score (nSPS) is 17.6. The molecule has 164 valence electrons. The van der Waals surface area contributed by atoms with Gasteiger partial charge in [-0.15, -0.1) is 0 Å². The Morgan fingerprint density at radius 1 is 1.10 bits per heavy atom. The number of amides is 1. The molecule has 1 N–H and O–H groups in total. The van der Waals surface area contributed by atoms with Crippen molar-refractivity contribution in [3.63, 3.8) is 0 Å². The Morgan fingerprint density at radius 2 is 1.74 bits per heavy atom. The second-order valence-electron chi connectivity index (χ2n) is 6.96. The highest BCUT2D eigenvalue weighted by atomic mass is 79.9. The summed E-state index contributed by atoms with van der Waals surface area (Å²) in [6.07, 6.45) is -2.15. The van der Waals surface area contributed by atoms with Gasteiger partial charge < -0.3 is 19.3 Å². The molecule has 2 atom stereocenters. The molecule has 1 heterocycles. The molecule has 3 rings (SSSR count). The van der Waals surface area contributed by atoms with E-state index in [-0.39, 0.29) is 13.0 Å². The van der Waals surface area contributed by atoms with Crippen LogP contribution < -0.4 is 4.90 Å². The first kappa shape index (κ1) is 22.8. The van der Waals surface area contributed by atoms with Crippen LogP contribution in [0.25, 0.3) is 0 Å². The Labute approximate surface area is 187 Å². The summed E-state index contributed by atoms with van der Waals surface area (Å²) in [5, 5.41) is 10.8. The Balaban J connectivity index is 1.95. The Kier molecular flexibility index (Phi) is 7.29. The number of fused-ring (bicyclic) bond motifs is 1. The molecule has 1 aliphatic rings. The molecule has 0 bridgehead atoms. The smallest absolute Gasteiger partial charge is 0.416 e. The van der Waals surface area contributed by atoms with Crippen molar-refractivity contribution in [1.82, 2.24) is 0 Å². The number of benzene rings is 2. The van der Waals surface area contributed by atoms with Gasteiger partial charge in [-0.3, -0.25) is 14.5 Å². The van der Waals surface area contributed by atoms with Gasteiger partial charge >= 0.3 is 18.0 Å². The van der Waals surface area contributed by atoms with Crippen molar-refractivity contribution >= 4 is 39.6 Å². The molecule has 0 saturated heterocycles. The molecule has 0 fully saturated rings. The second-order valence-corrected chi connectivity index (χ2v) is 7.88. The molecular weight excluding hydrogens is 470 g/mol. The maximum Gasteiger partial charge on any atom is 0.416 e. The highest BCUT2D eigenvalue weighted by molar-refractivity contribution is 9.10. The number of esters is 2. The molecule has 0 aliphatic carbocycles. The first-order chi connectivity index (χ1) is 14.9. The van der Waals surface area contributed by atoms with Crippen LogP contribution in [0.4, 0.5) is 10.5 Å². The van der Waals surface area contributed by atoms with Crippen molar-refractivity contribution in [2.45, 2.75) is 25.2 Å². The van der Waals surface area contributed by atoms with Crippen LogP contribution in [-0.4, -0.2) is 43.6 Å². The van der Waals surface area contributed by atoms with Crippen molar-refractivity contribution in [2.24, 2.45) is 5.92 Å². The molecule has 31 heavy (non-hydrogen) atoms. The van der Waals surface area contributed by atoms with Gasteiger partial charge in [-0.25, -0.2) is 4.79 Å². The molecular formula is C22H22BrNO7. The zero-order chi connectivity index (χ0) is 22.5. The van der Waals surface area contributed by atoms with Gasteiger partial charge in [-0.05, 0) is 29.3 Å². The molecule has 2 aromatic carbocycles. The fourth-order valence-corrected chi connectivity index (χ4v) is 4.04. The number of aliphatic hydroxyl groups excluding tert-OH is 1. The van der Waals surface area contributed by atoms with Crippen LogP contribution in [0.5, 0.6) is 0 Å². The summed E-state index contributed by atoms with van der Waals surface area (Å²) in [5.74, 6) is -3.62. The third-order valence-corrected chi connectivity index (χ3v) is 5.62. The summed E-state index contributed by atoms with van der Waals surface area (Å²) in [6.45, 7) is 0.0329. The Bertz CT molecular complexity index is 950. The van der Waals surface area contributed by atoms with Crippen molar-refractivity contribution in [2.75, 3.05) is 19.1 Å². The maximum atomic E-state index is 12.8. The summed E-state index contributed by atoms with van der Waals surface area (Å²) >= 11 is 3.38. The lowest BCUT2D eigenvalue weighted by Crippen LogP contribution is -2.47. The van der Waals surface area contributed by atoms with Crippen molar-refractivity contribution in [3.8, 4) is 0 Å². The van der Waals surface area contributed by atoms with Crippen LogP contribution in [0.3, 0.4) is 0 Å². The predicted molar refractivity (Wildman–Crippen MR) is 114 cm³/mol. The fourth-order valence-electron chi connectivity index (χ4n) is 3.67. The summed E-state index contributed by atoms with van der Waals surface area (Å²) in [5.41, 5.74) is 1.65. The zero-order valence-electron chi connectivity index (χ0n) is 17.0. The SMILES string of the molecule is COC(=O)C(C(=O)OC)[C@H]1CC(O)N(C(=O)OCc2ccccc2)c2ccc(Br)cc21. The largest absolute Gasteiger partial charge is 0.468 e. The van der Waals surface area contributed by atoms with Gasteiger partial charge in [0.15, 0.2) is 5.92 Å². The number of rotatable bonds is 5. The van der Waals surface area contributed by atoms with E-state index in [0.29, 0.717) is 15.7 Å². The molecule has 1 unspecified atom stereocenters. The molecule has 2 aromatic rings. The van der Waals surface area contributed by atoms with E-state index in [1.165, 1.54) is 14.2 Å². The second kappa shape index (κ2) is 9.93. The highest BCUT2D eigenvalue weighted by Gasteiger charge is 2.45. The van der Waals surface area contributed by atoms with E-state index >= 15 is 0 Å². The molecule has 0 radical (unpaired) electrons. The number of hydrogen-bond acceptors (Lipinski definition) is 7. The third-order valence-electron chi connectivity index (χ3n) is 5.13. The average molecular weight is 492 g/mol. The van der Waals surface area contributed by atoms with Crippen LogP contribution in [0.2, 0.25) is 0 Å². The summed E-state index contributed by atoms with van der Waals surface area (Å²) in [6, 6.07) is 14.2. The van der Waals surface area contributed by atoms with Crippen molar-refractivity contribution in [3.05, 3.63) is 64.1 Å². The molecule has 8 nitrogen and oxygen atoms in total. The van der Waals surface area contributed by atoms with Crippen LogP contribution in [0, 0.1) is 5.92 Å². The number of carbonyl (C=O) groups excluding carboxylic acids is 3. The third kappa shape index (κ3) is 4.88. The molecule has 9 heteroatoms. The molecule has 1 amide bonds. The number of halogens is 1. The fraction of sp³-hybridized carbons (Fsp3) is 0.318.